The quantitative estimate of drug-likeness (QED) is 0.855. The Balaban J connectivity index is 1.82. The van der Waals surface area contributed by atoms with Crippen LogP contribution in [0.3, 0.4) is 0 Å². The van der Waals surface area contributed by atoms with Gasteiger partial charge in [0, 0.05) is 17.8 Å². The van der Waals surface area contributed by atoms with Gasteiger partial charge >= 0.3 is 0 Å². The minimum Gasteiger partial charge on any atom is -0.469 e. The van der Waals surface area contributed by atoms with E-state index in [2.05, 4.69) is 0 Å². The van der Waals surface area contributed by atoms with E-state index >= 15 is 0 Å². The topological polar surface area (TPSA) is 50.4 Å². The molecule has 0 amide bonds. The number of ketones is 1. The minimum atomic E-state index is -0.774. The van der Waals surface area contributed by atoms with Gasteiger partial charge in [0.25, 0.3) is 0 Å². The molecule has 108 valence electrons. The maximum Gasteiger partial charge on any atom is 0.142 e. The number of furan rings is 1. The number of rotatable bonds is 1. The Morgan fingerprint density at radius 3 is 2.90 bits per heavy atom. The second-order valence-corrected chi connectivity index (χ2v) is 6.88. The summed E-state index contributed by atoms with van der Waals surface area (Å²) in [4.78, 5) is 12.8. The van der Waals surface area contributed by atoms with Crippen LogP contribution in [0.15, 0.2) is 22.8 Å². The largest absolute Gasteiger partial charge is 0.469 e. The van der Waals surface area contributed by atoms with Crippen LogP contribution in [0.2, 0.25) is 0 Å². The summed E-state index contributed by atoms with van der Waals surface area (Å²) >= 11 is 0. The van der Waals surface area contributed by atoms with Gasteiger partial charge in [0.15, 0.2) is 0 Å². The molecule has 2 bridgehead atoms. The van der Waals surface area contributed by atoms with Crippen molar-refractivity contribution in [2.75, 3.05) is 0 Å². The molecule has 0 saturated heterocycles. The zero-order chi connectivity index (χ0) is 13.7. The third-order valence-corrected chi connectivity index (χ3v) is 6.04. The number of hydrogen-bond acceptors (Lipinski definition) is 3. The minimum absolute atomic E-state index is 0.0725. The van der Waals surface area contributed by atoms with Crippen molar-refractivity contribution < 1.29 is 14.3 Å². The second-order valence-electron chi connectivity index (χ2n) is 6.88. The molecule has 1 aromatic heterocycles. The lowest BCUT2D eigenvalue weighted by Crippen LogP contribution is -2.60. The molecule has 4 rings (SSSR count). The predicted molar refractivity (Wildman–Crippen MR) is 74.2 cm³/mol. The summed E-state index contributed by atoms with van der Waals surface area (Å²) in [6.07, 6.45) is 8.63. The van der Waals surface area contributed by atoms with E-state index in [-0.39, 0.29) is 23.7 Å². The van der Waals surface area contributed by atoms with Crippen molar-refractivity contribution in [1.82, 2.24) is 0 Å². The molecule has 0 aromatic carbocycles. The van der Waals surface area contributed by atoms with E-state index in [0.717, 1.165) is 50.7 Å². The van der Waals surface area contributed by atoms with Gasteiger partial charge < -0.3 is 9.52 Å². The molecule has 0 radical (unpaired) electrons. The normalized spacial score (nSPS) is 44.1. The lowest BCUT2D eigenvalue weighted by Gasteiger charge is -2.55. The zero-order valence-corrected chi connectivity index (χ0v) is 11.8. The Kier molecular flexibility index (Phi) is 2.81. The molecule has 1 heterocycles. The van der Waals surface area contributed by atoms with E-state index in [0.29, 0.717) is 5.78 Å². The summed E-state index contributed by atoms with van der Waals surface area (Å²) in [5.74, 6) is 1.48. The first-order valence-corrected chi connectivity index (χ1v) is 8.01. The average molecular weight is 274 g/mol. The SMILES string of the molecule is O=C1[C@H]2CCC[C@H]1[C@@]1(O)CCCC[C@@H]1[C@@H]2c1ccco1. The van der Waals surface area contributed by atoms with Gasteiger partial charge in [-0.05, 0) is 43.7 Å². The third-order valence-electron chi connectivity index (χ3n) is 6.04. The maximum atomic E-state index is 12.8. The predicted octanol–water partition coefficient (Wildman–Crippen LogP) is 3.28. The Bertz CT molecular complexity index is 506. The molecule has 3 aliphatic rings. The van der Waals surface area contributed by atoms with Crippen LogP contribution in [0.25, 0.3) is 0 Å². The molecule has 20 heavy (non-hydrogen) atoms. The van der Waals surface area contributed by atoms with Crippen LogP contribution < -0.4 is 0 Å². The molecule has 3 nitrogen and oxygen atoms in total. The molecule has 0 unspecified atom stereocenters. The van der Waals surface area contributed by atoms with Crippen molar-refractivity contribution in [1.29, 1.82) is 0 Å². The molecule has 3 fully saturated rings. The molecule has 3 heteroatoms. The van der Waals surface area contributed by atoms with Crippen LogP contribution >= 0.6 is 0 Å². The zero-order valence-electron chi connectivity index (χ0n) is 11.8. The number of aliphatic hydroxyl groups is 1. The van der Waals surface area contributed by atoms with Crippen LogP contribution in [0.4, 0.5) is 0 Å². The maximum absolute atomic E-state index is 12.8. The van der Waals surface area contributed by atoms with E-state index in [4.69, 9.17) is 4.42 Å². The number of Topliss-reactive ketones (excluding diaryl/α,β-unsaturated/α-hetero) is 1. The summed E-state index contributed by atoms with van der Waals surface area (Å²) in [7, 11) is 0. The van der Waals surface area contributed by atoms with E-state index in [1.807, 2.05) is 12.1 Å². The summed E-state index contributed by atoms with van der Waals surface area (Å²) in [6, 6.07) is 3.89. The molecule has 0 aliphatic heterocycles. The second kappa shape index (κ2) is 4.45. The Labute approximate surface area is 119 Å². The van der Waals surface area contributed by atoms with Gasteiger partial charge in [0.1, 0.15) is 11.5 Å². The number of carbonyl (C=O) groups excluding carboxylic acids is 1. The highest BCUT2D eigenvalue weighted by Crippen LogP contribution is 2.58. The van der Waals surface area contributed by atoms with Crippen LogP contribution in [0.1, 0.15) is 56.6 Å². The van der Waals surface area contributed by atoms with Crippen molar-refractivity contribution in [2.45, 2.75) is 56.5 Å². The van der Waals surface area contributed by atoms with Crippen molar-refractivity contribution in [3.05, 3.63) is 24.2 Å². The van der Waals surface area contributed by atoms with E-state index in [1.165, 1.54) is 0 Å². The van der Waals surface area contributed by atoms with Gasteiger partial charge in [0.2, 0.25) is 0 Å². The molecule has 0 spiro atoms. The monoisotopic (exact) mass is 274 g/mol. The van der Waals surface area contributed by atoms with E-state index in [1.54, 1.807) is 6.26 Å². The van der Waals surface area contributed by atoms with Gasteiger partial charge in [-0.25, -0.2) is 0 Å². The highest BCUT2D eigenvalue weighted by molar-refractivity contribution is 5.87. The summed E-state index contributed by atoms with van der Waals surface area (Å²) < 4.78 is 5.64. The van der Waals surface area contributed by atoms with Crippen LogP contribution in [-0.2, 0) is 4.79 Å². The van der Waals surface area contributed by atoms with Crippen LogP contribution in [0, 0.1) is 17.8 Å². The van der Waals surface area contributed by atoms with Gasteiger partial charge in [-0.15, -0.1) is 0 Å². The highest BCUT2D eigenvalue weighted by Gasteiger charge is 2.60. The van der Waals surface area contributed by atoms with E-state index < -0.39 is 5.60 Å². The lowest BCUT2D eigenvalue weighted by molar-refractivity contribution is -0.174. The molecule has 1 aromatic rings. The lowest BCUT2D eigenvalue weighted by atomic mass is 9.50. The van der Waals surface area contributed by atoms with Gasteiger partial charge in [-0.1, -0.05) is 19.3 Å². The summed E-state index contributed by atoms with van der Waals surface area (Å²) in [6.45, 7) is 0. The standard InChI is InChI=1S/C17H22O3/c18-16-11-5-3-7-13(16)17(19)9-2-1-6-12(17)15(11)14-8-4-10-20-14/h4,8,10-13,15,19H,1-3,5-7,9H2/t11-,12+,13+,15+,17+/m0/s1. The molecule has 3 aliphatic carbocycles. The fraction of sp³-hybridized carbons (Fsp3) is 0.706. The Hall–Kier alpha value is -1.09. The molecule has 3 saturated carbocycles. The van der Waals surface area contributed by atoms with Crippen molar-refractivity contribution in [3.63, 3.8) is 0 Å². The fourth-order valence-electron chi connectivity index (χ4n) is 5.23. The molecular formula is C17H22O3. The number of fused-ring (bicyclic) bond motifs is 4. The average Bonchev–Trinajstić information content (AvgIpc) is 2.95. The molecular weight excluding hydrogens is 252 g/mol. The summed E-state index contributed by atoms with van der Waals surface area (Å²) in [5.41, 5.74) is -0.774. The summed E-state index contributed by atoms with van der Waals surface area (Å²) in [5, 5.41) is 11.3. The van der Waals surface area contributed by atoms with Crippen molar-refractivity contribution >= 4 is 5.78 Å². The smallest absolute Gasteiger partial charge is 0.142 e. The first-order chi connectivity index (χ1) is 9.72. The van der Waals surface area contributed by atoms with Crippen LogP contribution in [0.5, 0.6) is 0 Å². The Morgan fingerprint density at radius 2 is 2.10 bits per heavy atom. The van der Waals surface area contributed by atoms with Crippen molar-refractivity contribution in [2.24, 2.45) is 17.8 Å². The number of hydrogen-bond donors (Lipinski definition) is 1. The first kappa shape index (κ1) is 12.6. The van der Waals surface area contributed by atoms with Crippen molar-refractivity contribution in [3.8, 4) is 0 Å². The Morgan fingerprint density at radius 1 is 1.20 bits per heavy atom. The highest BCUT2D eigenvalue weighted by atomic mass is 16.3. The van der Waals surface area contributed by atoms with Crippen LogP contribution in [-0.4, -0.2) is 16.5 Å². The van der Waals surface area contributed by atoms with E-state index in [9.17, 15) is 9.90 Å². The number of carbonyl (C=O) groups is 1. The van der Waals surface area contributed by atoms with Gasteiger partial charge in [-0.2, -0.15) is 0 Å². The van der Waals surface area contributed by atoms with Gasteiger partial charge in [0.05, 0.1) is 11.9 Å². The first-order valence-electron chi connectivity index (χ1n) is 8.01. The van der Waals surface area contributed by atoms with Gasteiger partial charge in [-0.3, -0.25) is 4.79 Å². The fourth-order valence-corrected chi connectivity index (χ4v) is 5.23. The third kappa shape index (κ3) is 1.59. The molecule has 1 N–H and O–H groups in total. The molecule has 5 atom stereocenters.